The highest BCUT2D eigenvalue weighted by molar-refractivity contribution is 4.67. The molecule has 0 aliphatic heterocycles. The Bertz CT molecular complexity index is 121. The summed E-state index contributed by atoms with van der Waals surface area (Å²) in [5.74, 6) is 1.00. The summed E-state index contributed by atoms with van der Waals surface area (Å²) in [6.45, 7) is 0.142. The summed E-state index contributed by atoms with van der Waals surface area (Å²) in [5.41, 5.74) is 5.62. The molecule has 13 heavy (non-hydrogen) atoms. The molecule has 1 rings (SSSR count). The lowest BCUT2D eigenvalue weighted by molar-refractivity contribution is 0.256. The van der Waals surface area contributed by atoms with E-state index in [4.69, 9.17) is 10.8 Å². The van der Waals surface area contributed by atoms with E-state index in [2.05, 4.69) is 0 Å². The van der Waals surface area contributed by atoms with Gasteiger partial charge in [-0.1, -0.05) is 44.9 Å². The number of unbranched alkanes of at least 4 members (excludes halogenated alkanes) is 1. The Morgan fingerprint density at radius 1 is 1.23 bits per heavy atom. The van der Waals surface area contributed by atoms with Gasteiger partial charge in [-0.3, -0.25) is 0 Å². The van der Waals surface area contributed by atoms with Crippen molar-refractivity contribution in [2.75, 3.05) is 6.61 Å². The first-order valence-electron chi connectivity index (χ1n) is 5.69. The largest absolute Gasteiger partial charge is 0.395 e. The van der Waals surface area contributed by atoms with Gasteiger partial charge in [0.25, 0.3) is 0 Å². The molecule has 0 aromatic heterocycles. The topological polar surface area (TPSA) is 46.2 Å². The van der Waals surface area contributed by atoms with Crippen LogP contribution in [0.1, 0.15) is 51.4 Å². The lowest BCUT2D eigenvalue weighted by atomic mass is 9.99. The van der Waals surface area contributed by atoms with Gasteiger partial charge in [0.2, 0.25) is 0 Å². The first-order chi connectivity index (χ1) is 6.33. The van der Waals surface area contributed by atoms with Crippen molar-refractivity contribution in [1.82, 2.24) is 0 Å². The maximum atomic E-state index is 8.72. The number of aliphatic hydroxyl groups is 1. The van der Waals surface area contributed by atoms with E-state index in [-0.39, 0.29) is 12.6 Å². The second-order valence-electron chi connectivity index (χ2n) is 4.38. The Kier molecular flexibility index (Phi) is 5.40. The maximum absolute atomic E-state index is 8.72. The first-order valence-corrected chi connectivity index (χ1v) is 5.69. The van der Waals surface area contributed by atoms with Crippen molar-refractivity contribution in [2.24, 2.45) is 11.7 Å². The van der Waals surface area contributed by atoms with Gasteiger partial charge in [-0.2, -0.15) is 0 Å². The molecule has 1 saturated carbocycles. The van der Waals surface area contributed by atoms with Crippen LogP contribution in [0.5, 0.6) is 0 Å². The normalized spacial score (nSPS) is 20.8. The van der Waals surface area contributed by atoms with Crippen LogP contribution in [0, 0.1) is 5.92 Å². The van der Waals surface area contributed by atoms with Crippen LogP contribution in [0.15, 0.2) is 0 Å². The number of rotatable bonds is 6. The predicted octanol–water partition coefficient (Wildman–Crippen LogP) is 2.06. The molecule has 0 bridgehead atoms. The second-order valence-corrected chi connectivity index (χ2v) is 4.38. The van der Waals surface area contributed by atoms with Crippen LogP contribution in [-0.2, 0) is 0 Å². The Balaban J connectivity index is 1.88. The minimum atomic E-state index is 0.0172. The molecule has 0 aromatic carbocycles. The van der Waals surface area contributed by atoms with Gasteiger partial charge < -0.3 is 10.8 Å². The minimum Gasteiger partial charge on any atom is -0.395 e. The zero-order valence-electron chi connectivity index (χ0n) is 8.54. The fraction of sp³-hybridized carbons (Fsp3) is 1.00. The van der Waals surface area contributed by atoms with E-state index in [1.807, 2.05) is 0 Å². The fourth-order valence-electron chi connectivity index (χ4n) is 2.23. The SMILES string of the molecule is NC(CO)CCCCC1CCCC1. The summed E-state index contributed by atoms with van der Waals surface area (Å²) in [6.07, 6.45) is 10.7. The molecule has 1 fully saturated rings. The summed E-state index contributed by atoms with van der Waals surface area (Å²) < 4.78 is 0. The Morgan fingerprint density at radius 2 is 1.92 bits per heavy atom. The van der Waals surface area contributed by atoms with Crippen molar-refractivity contribution in [3.63, 3.8) is 0 Å². The Hall–Kier alpha value is -0.0800. The summed E-state index contributed by atoms with van der Waals surface area (Å²) in [6, 6.07) is 0.0172. The van der Waals surface area contributed by atoms with Crippen LogP contribution in [-0.4, -0.2) is 17.8 Å². The lowest BCUT2D eigenvalue weighted by Gasteiger charge is -2.10. The molecule has 3 N–H and O–H groups in total. The van der Waals surface area contributed by atoms with Gasteiger partial charge >= 0.3 is 0 Å². The molecule has 0 spiro atoms. The van der Waals surface area contributed by atoms with Crippen molar-refractivity contribution in [2.45, 2.75) is 57.4 Å². The van der Waals surface area contributed by atoms with Crippen LogP contribution in [0.3, 0.4) is 0 Å². The van der Waals surface area contributed by atoms with E-state index in [1.165, 1.54) is 44.9 Å². The number of nitrogens with two attached hydrogens (primary N) is 1. The van der Waals surface area contributed by atoms with E-state index in [0.717, 1.165) is 12.3 Å². The molecule has 1 unspecified atom stereocenters. The summed E-state index contributed by atoms with van der Waals surface area (Å²) in [7, 11) is 0. The van der Waals surface area contributed by atoms with Crippen LogP contribution >= 0.6 is 0 Å². The molecular weight excluding hydrogens is 162 g/mol. The third-order valence-electron chi connectivity index (χ3n) is 3.15. The summed E-state index contributed by atoms with van der Waals surface area (Å²) >= 11 is 0. The molecule has 0 aromatic rings. The van der Waals surface area contributed by atoms with E-state index in [9.17, 15) is 0 Å². The third kappa shape index (κ3) is 4.63. The van der Waals surface area contributed by atoms with E-state index in [1.54, 1.807) is 0 Å². The molecule has 0 radical (unpaired) electrons. The molecule has 0 heterocycles. The molecule has 78 valence electrons. The van der Waals surface area contributed by atoms with Crippen molar-refractivity contribution in [1.29, 1.82) is 0 Å². The summed E-state index contributed by atoms with van der Waals surface area (Å²) in [4.78, 5) is 0. The molecule has 1 aliphatic rings. The van der Waals surface area contributed by atoms with Crippen molar-refractivity contribution < 1.29 is 5.11 Å². The molecular formula is C11H23NO. The Labute approximate surface area is 81.5 Å². The highest BCUT2D eigenvalue weighted by Crippen LogP contribution is 2.29. The third-order valence-corrected chi connectivity index (χ3v) is 3.15. The van der Waals surface area contributed by atoms with Crippen molar-refractivity contribution in [3.8, 4) is 0 Å². The first kappa shape index (κ1) is 11.0. The fourth-order valence-corrected chi connectivity index (χ4v) is 2.23. The summed E-state index contributed by atoms with van der Waals surface area (Å²) in [5, 5.41) is 8.72. The maximum Gasteiger partial charge on any atom is 0.0582 e. The van der Waals surface area contributed by atoms with E-state index >= 15 is 0 Å². The number of hydrogen-bond donors (Lipinski definition) is 2. The molecule has 2 heteroatoms. The zero-order valence-corrected chi connectivity index (χ0v) is 8.54. The predicted molar refractivity (Wildman–Crippen MR) is 55.5 cm³/mol. The molecule has 0 amide bonds. The highest BCUT2D eigenvalue weighted by atomic mass is 16.3. The molecule has 0 saturated heterocycles. The van der Waals surface area contributed by atoms with Gasteiger partial charge in [0, 0.05) is 6.04 Å². The number of aliphatic hydroxyl groups excluding tert-OH is 1. The average Bonchev–Trinajstić information content (AvgIpc) is 2.64. The lowest BCUT2D eigenvalue weighted by Crippen LogP contribution is -2.23. The number of hydrogen-bond acceptors (Lipinski definition) is 2. The average molecular weight is 185 g/mol. The van der Waals surface area contributed by atoms with Gasteiger partial charge in [-0.15, -0.1) is 0 Å². The highest BCUT2D eigenvalue weighted by Gasteiger charge is 2.14. The van der Waals surface area contributed by atoms with Crippen LogP contribution in [0.4, 0.5) is 0 Å². The van der Waals surface area contributed by atoms with Crippen LogP contribution in [0.2, 0.25) is 0 Å². The minimum absolute atomic E-state index is 0.0172. The Morgan fingerprint density at radius 3 is 2.54 bits per heavy atom. The van der Waals surface area contributed by atoms with Crippen molar-refractivity contribution >= 4 is 0 Å². The molecule has 1 atom stereocenters. The monoisotopic (exact) mass is 185 g/mol. The standard InChI is InChI=1S/C11H23NO/c12-11(9-13)8-4-3-7-10-5-1-2-6-10/h10-11,13H,1-9,12H2. The quantitative estimate of drug-likeness (QED) is 0.622. The van der Waals surface area contributed by atoms with Crippen LogP contribution in [0.25, 0.3) is 0 Å². The van der Waals surface area contributed by atoms with E-state index < -0.39 is 0 Å². The molecule has 2 nitrogen and oxygen atoms in total. The smallest absolute Gasteiger partial charge is 0.0582 e. The zero-order chi connectivity index (χ0) is 9.52. The second kappa shape index (κ2) is 6.39. The van der Waals surface area contributed by atoms with Gasteiger partial charge in [-0.25, -0.2) is 0 Å². The molecule has 1 aliphatic carbocycles. The van der Waals surface area contributed by atoms with Crippen LogP contribution < -0.4 is 5.73 Å². The van der Waals surface area contributed by atoms with Gasteiger partial charge in [-0.05, 0) is 12.3 Å². The van der Waals surface area contributed by atoms with Gasteiger partial charge in [0.05, 0.1) is 6.61 Å². The van der Waals surface area contributed by atoms with Gasteiger partial charge in [0.15, 0.2) is 0 Å². The van der Waals surface area contributed by atoms with Gasteiger partial charge in [0.1, 0.15) is 0 Å². The van der Waals surface area contributed by atoms with E-state index in [0.29, 0.717) is 0 Å². The van der Waals surface area contributed by atoms with Crippen molar-refractivity contribution in [3.05, 3.63) is 0 Å².